The highest BCUT2D eigenvalue weighted by Crippen LogP contribution is 2.10. The van der Waals surface area contributed by atoms with Gasteiger partial charge in [0.15, 0.2) is 0 Å². The first-order valence-corrected chi connectivity index (χ1v) is 11.6. The molecule has 9 nitrogen and oxygen atoms in total. The van der Waals surface area contributed by atoms with E-state index in [9.17, 15) is 23.1 Å². The number of rotatable bonds is 10. The number of carbonyl (C=O) groups is 2. The predicted molar refractivity (Wildman–Crippen MR) is 123 cm³/mol. The number of hydrogen-bond donors (Lipinski definition) is 4. The minimum absolute atomic E-state index is 0.0634. The third kappa shape index (κ3) is 6.86. The largest absolute Gasteiger partial charge is 0.480 e. The van der Waals surface area contributed by atoms with E-state index in [4.69, 9.17) is 5.73 Å². The van der Waals surface area contributed by atoms with E-state index in [1.807, 2.05) is 12.1 Å². The molecule has 0 fully saturated rings. The van der Waals surface area contributed by atoms with Crippen molar-refractivity contribution < 1.29 is 23.1 Å². The minimum atomic E-state index is -4.05. The summed E-state index contributed by atoms with van der Waals surface area (Å²) in [6, 6.07) is 18.2. The monoisotopic (exact) mass is 468 g/mol. The van der Waals surface area contributed by atoms with Gasteiger partial charge in [-0.1, -0.05) is 36.4 Å². The molecule has 0 saturated heterocycles. The lowest BCUT2D eigenvalue weighted by Crippen LogP contribution is -2.48. The van der Waals surface area contributed by atoms with Crippen molar-refractivity contribution in [1.82, 2.24) is 15.0 Å². The molecule has 33 heavy (non-hydrogen) atoms. The summed E-state index contributed by atoms with van der Waals surface area (Å²) >= 11 is 0. The molecule has 1 heterocycles. The van der Waals surface area contributed by atoms with Gasteiger partial charge in [0.2, 0.25) is 10.0 Å². The van der Waals surface area contributed by atoms with Crippen LogP contribution in [0.2, 0.25) is 0 Å². The number of aryl methyl sites for hydroxylation is 2. The van der Waals surface area contributed by atoms with Gasteiger partial charge in [0, 0.05) is 17.8 Å². The van der Waals surface area contributed by atoms with Crippen LogP contribution in [-0.2, 0) is 27.7 Å². The van der Waals surface area contributed by atoms with E-state index < -0.39 is 34.5 Å². The summed E-state index contributed by atoms with van der Waals surface area (Å²) in [5, 5.41) is 11.8. The standard InChI is InChI=1S/C23H24N4O5S/c24-21-8-4-5-18(26-21)14-11-16-9-12-17(13-10-16)22(28)25-15-20(23(29)30)27-33(31,32)19-6-2-1-3-7-19/h1-10,12-13,20,27H,11,14-15H2,(H2,24,26)(H,25,28)(H,29,30)/t20-/m0/s1. The highest BCUT2D eigenvalue weighted by molar-refractivity contribution is 7.89. The van der Waals surface area contributed by atoms with Gasteiger partial charge >= 0.3 is 5.97 Å². The summed E-state index contributed by atoms with van der Waals surface area (Å²) in [5.41, 5.74) is 7.88. The third-order valence-electron chi connectivity index (χ3n) is 4.83. The van der Waals surface area contributed by atoms with E-state index in [-0.39, 0.29) is 4.90 Å². The van der Waals surface area contributed by atoms with E-state index in [1.165, 1.54) is 24.3 Å². The number of sulfonamides is 1. The maximum absolute atomic E-state index is 12.4. The fourth-order valence-corrected chi connectivity index (χ4v) is 4.27. The van der Waals surface area contributed by atoms with Crippen molar-refractivity contribution in [3.05, 3.63) is 89.6 Å². The van der Waals surface area contributed by atoms with Crippen molar-refractivity contribution in [1.29, 1.82) is 0 Å². The van der Waals surface area contributed by atoms with E-state index in [2.05, 4.69) is 15.0 Å². The number of aliphatic carboxylic acids is 1. The molecular formula is C23H24N4O5S. The molecule has 1 amide bonds. The molecule has 0 saturated carbocycles. The van der Waals surface area contributed by atoms with Crippen LogP contribution in [0.1, 0.15) is 21.6 Å². The molecule has 3 aromatic rings. The lowest BCUT2D eigenvalue weighted by atomic mass is 10.1. The first-order valence-electron chi connectivity index (χ1n) is 10.1. The third-order valence-corrected chi connectivity index (χ3v) is 6.32. The molecule has 1 atom stereocenters. The van der Waals surface area contributed by atoms with Gasteiger partial charge in [0.05, 0.1) is 4.90 Å². The first kappa shape index (κ1) is 23.9. The van der Waals surface area contributed by atoms with Gasteiger partial charge in [-0.15, -0.1) is 0 Å². The van der Waals surface area contributed by atoms with Crippen LogP contribution in [0.4, 0.5) is 5.82 Å². The molecule has 3 rings (SSSR count). The summed E-state index contributed by atoms with van der Waals surface area (Å²) < 4.78 is 26.9. The zero-order valence-electron chi connectivity index (χ0n) is 17.6. The van der Waals surface area contributed by atoms with Crippen LogP contribution in [0, 0.1) is 0 Å². The maximum atomic E-state index is 12.4. The Labute approximate surface area is 191 Å². The summed E-state index contributed by atoms with van der Waals surface area (Å²) in [7, 11) is -4.05. The summed E-state index contributed by atoms with van der Waals surface area (Å²) in [6.45, 7) is -0.414. The molecule has 0 aliphatic carbocycles. The van der Waals surface area contributed by atoms with Gasteiger partial charge in [-0.3, -0.25) is 9.59 Å². The zero-order chi connectivity index (χ0) is 23.8. The second-order valence-corrected chi connectivity index (χ2v) is 9.00. The summed E-state index contributed by atoms with van der Waals surface area (Å²) in [5.74, 6) is -1.45. The van der Waals surface area contributed by atoms with Crippen molar-refractivity contribution in [2.45, 2.75) is 23.8 Å². The maximum Gasteiger partial charge on any atom is 0.323 e. The van der Waals surface area contributed by atoms with Crippen molar-refractivity contribution in [3.8, 4) is 0 Å². The van der Waals surface area contributed by atoms with E-state index in [1.54, 1.807) is 36.4 Å². The first-order chi connectivity index (χ1) is 15.7. The Balaban J connectivity index is 1.56. The van der Waals surface area contributed by atoms with Gasteiger partial charge in [-0.2, -0.15) is 4.72 Å². The quantitative estimate of drug-likeness (QED) is 0.353. The Morgan fingerprint density at radius 1 is 0.939 bits per heavy atom. The number of nitrogens with two attached hydrogens (primary N) is 1. The number of amides is 1. The molecule has 0 aliphatic rings. The Kier molecular flexibility index (Phi) is 7.75. The van der Waals surface area contributed by atoms with Crippen molar-refractivity contribution in [2.75, 3.05) is 12.3 Å². The topological polar surface area (TPSA) is 151 Å². The fraction of sp³-hybridized carbons (Fsp3) is 0.174. The number of carbonyl (C=O) groups excluding carboxylic acids is 1. The van der Waals surface area contributed by atoms with Crippen LogP contribution in [0.3, 0.4) is 0 Å². The molecule has 0 bridgehead atoms. The molecule has 0 spiro atoms. The second-order valence-electron chi connectivity index (χ2n) is 7.29. The predicted octanol–water partition coefficient (Wildman–Crippen LogP) is 1.61. The molecule has 172 valence electrons. The molecular weight excluding hydrogens is 444 g/mol. The van der Waals surface area contributed by atoms with Crippen LogP contribution in [0.25, 0.3) is 0 Å². The molecule has 0 aliphatic heterocycles. The van der Waals surface area contributed by atoms with Crippen molar-refractivity contribution in [3.63, 3.8) is 0 Å². The molecule has 1 aromatic heterocycles. The lowest BCUT2D eigenvalue weighted by molar-refractivity contribution is -0.138. The minimum Gasteiger partial charge on any atom is -0.480 e. The number of nitrogen functional groups attached to an aromatic ring is 1. The van der Waals surface area contributed by atoms with E-state index in [0.29, 0.717) is 24.2 Å². The van der Waals surface area contributed by atoms with Gasteiger partial charge in [-0.05, 0) is 54.8 Å². The number of hydrogen-bond acceptors (Lipinski definition) is 6. The molecule has 2 aromatic carbocycles. The number of aromatic nitrogens is 1. The Bertz CT molecular complexity index is 1220. The molecule has 5 N–H and O–H groups in total. The number of pyridine rings is 1. The van der Waals surface area contributed by atoms with Crippen molar-refractivity contribution >= 4 is 27.7 Å². The number of nitrogens with zero attached hydrogens (tertiary/aromatic N) is 1. The Hall–Kier alpha value is -3.76. The number of benzene rings is 2. The van der Waals surface area contributed by atoms with E-state index >= 15 is 0 Å². The summed E-state index contributed by atoms with van der Waals surface area (Å²) in [4.78, 5) is 28.1. The highest BCUT2D eigenvalue weighted by atomic mass is 32.2. The molecule has 0 unspecified atom stereocenters. The van der Waals surface area contributed by atoms with Gasteiger partial charge < -0.3 is 16.2 Å². The Morgan fingerprint density at radius 3 is 2.27 bits per heavy atom. The summed E-state index contributed by atoms with van der Waals surface area (Å²) in [6.07, 6.45) is 1.40. The smallest absolute Gasteiger partial charge is 0.323 e. The average molecular weight is 469 g/mol. The number of carboxylic acid groups (broad SMARTS) is 1. The van der Waals surface area contributed by atoms with Gasteiger partial charge in [0.1, 0.15) is 11.9 Å². The van der Waals surface area contributed by atoms with Crippen LogP contribution in [0.15, 0.2) is 77.7 Å². The van der Waals surface area contributed by atoms with Gasteiger partial charge in [0.25, 0.3) is 5.91 Å². The van der Waals surface area contributed by atoms with Crippen molar-refractivity contribution in [2.24, 2.45) is 0 Å². The normalized spacial score (nSPS) is 12.1. The van der Waals surface area contributed by atoms with Crippen LogP contribution < -0.4 is 15.8 Å². The van der Waals surface area contributed by atoms with Crippen LogP contribution in [-0.4, -0.2) is 43.0 Å². The second kappa shape index (κ2) is 10.7. The molecule has 10 heteroatoms. The SMILES string of the molecule is Nc1cccc(CCc2ccc(C(=O)NC[C@H](NS(=O)(=O)c3ccccc3)C(=O)O)cc2)n1. The van der Waals surface area contributed by atoms with E-state index in [0.717, 1.165) is 11.3 Å². The zero-order valence-corrected chi connectivity index (χ0v) is 18.5. The lowest BCUT2D eigenvalue weighted by Gasteiger charge is -2.16. The molecule has 0 radical (unpaired) electrons. The van der Waals surface area contributed by atoms with Gasteiger partial charge in [-0.25, -0.2) is 13.4 Å². The number of carboxylic acids is 1. The average Bonchev–Trinajstić information content (AvgIpc) is 2.81. The van der Waals surface area contributed by atoms with Crippen LogP contribution in [0.5, 0.6) is 0 Å². The van der Waals surface area contributed by atoms with Crippen LogP contribution >= 0.6 is 0 Å². The highest BCUT2D eigenvalue weighted by Gasteiger charge is 2.26. The number of nitrogens with one attached hydrogen (secondary N) is 2. The fourth-order valence-electron chi connectivity index (χ4n) is 3.06. The Morgan fingerprint density at radius 2 is 1.64 bits per heavy atom. The number of anilines is 1.